The zero-order valence-electron chi connectivity index (χ0n) is 20.9. The first-order valence-electron chi connectivity index (χ1n) is 13.7. The fourth-order valence-corrected chi connectivity index (χ4v) is 9.22. The molecule has 0 bridgehead atoms. The predicted octanol–water partition coefficient (Wildman–Crippen LogP) is 4.67. The minimum atomic E-state index is -0.226. The number of ether oxygens (including phenoxy) is 1. The van der Waals surface area contributed by atoms with E-state index >= 15 is 0 Å². The van der Waals surface area contributed by atoms with E-state index in [-0.39, 0.29) is 16.7 Å². The largest absolute Gasteiger partial charge is 0.378 e. The van der Waals surface area contributed by atoms with Crippen LogP contribution in [-0.4, -0.2) is 48.7 Å². The first kappa shape index (κ1) is 23.5. The third kappa shape index (κ3) is 3.81. The molecule has 0 aromatic rings. The first-order chi connectivity index (χ1) is 15.7. The van der Waals surface area contributed by atoms with Crippen LogP contribution < -0.4 is 0 Å². The summed E-state index contributed by atoms with van der Waals surface area (Å²) in [7, 11) is 0. The van der Waals surface area contributed by atoms with Crippen LogP contribution in [0.2, 0.25) is 0 Å². The van der Waals surface area contributed by atoms with Gasteiger partial charge in [-0.1, -0.05) is 20.8 Å². The highest BCUT2D eigenvalue weighted by atomic mass is 16.5. The second-order valence-corrected chi connectivity index (χ2v) is 12.5. The maximum Gasteiger partial charge on any atom is 0.222 e. The summed E-state index contributed by atoms with van der Waals surface area (Å²) in [6.07, 6.45) is 9.28. The van der Waals surface area contributed by atoms with E-state index in [0.717, 1.165) is 38.5 Å². The van der Waals surface area contributed by atoms with Crippen molar-refractivity contribution in [3.8, 4) is 0 Å². The van der Waals surface area contributed by atoms with Gasteiger partial charge in [0.1, 0.15) is 11.6 Å². The van der Waals surface area contributed by atoms with Crippen LogP contribution in [0.15, 0.2) is 0 Å². The second kappa shape index (κ2) is 8.77. The average molecular weight is 458 g/mol. The minimum Gasteiger partial charge on any atom is -0.378 e. The molecule has 1 amide bonds. The second-order valence-electron chi connectivity index (χ2n) is 12.5. The quantitative estimate of drug-likeness (QED) is 0.615. The van der Waals surface area contributed by atoms with Crippen LogP contribution in [-0.2, 0) is 19.1 Å². The highest BCUT2D eigenvalue weighted by molar-refractivity contribution is 5.87. The van der Waals surface area contributed by atoms with Crippen molar-refractivity contribution in [2.45, 2.75) is 85.0 Å². The summed E-state index contributed by atoms with van der Waals surface area (Å²) in [6, 6.07) is 0. The third-order valence-corrected chi connectivity index (χ3v) is 11.3. The molecule has 8 atom stereocenters. The number of ketones is 2. The number of fused-ring (bicyclic) bond motifs is 5. The summed E-state index contributed by atoms with van der Waals surface area (Å²) < 4.78 is 5.38. The zero-order valence-corrected chi connectivity index (χ0v) is 20.9. The molecule has 5 aliphatic rings. The molecule has 0 unspecified atom stereocenters. The molecular weight excluding hydrogens is 414 g/mol. The monoisotopic (exact) mass is 457 g/mol. The Bertz CT molecular complexity index is 804. The summed E-state index contributed by atoms with van der Waals surface area (Å²) in [5.74, 6) is 4.03. The summed E-state index contributed by atoms with van der Waals surface area (Å²) >= 11 is 0. The van der Waals surface area contributed by atoms with Crippen molar-refractivity contribution in [2.24, 2.45) is 46.3 Å². The number of hydrogen-bond donors (Lipinski definition) is 0. The summed E-state index contributed by atoms with van der Waals surface area (Å²) in [5.41, 5.74) is -0.0572. The molecule has 1 heterocycles. The fourth-order valence-electron chi connectivity index (χ4n) is 9.22. The molecule has 0 aromatic heterocycles. The highest BCUT2D eigenvalue weighted by Crippen LogP contribution is 2.67. The molecule has 5 rings (SSSR count). The molecule has 0 spiro atoms. The summed E-state index contributed by atoms with van der Waals surface area (Å²) in [5, 5.41) is 0. The van der Waals surface area contributed by atoms with Gasteiger partial charge in [-0.3, -0.25) is 14.4 Å². The Balaban J connectivity index is 1.28. The molecule has 184 valence electrons. The summed E-state index contributed by atoms with van der Waals surface area (Å²) in [4.78, 5) is 40.7. The van der Waals surface area contributed by atoms with Crippen molar-refractivity contribution in [1.29, 1.82) is 0 Å². The lowest BCUT2D eigenvalue weighted by Gasteiger charge is -2.59. The topological polar surface area (TPSA) is 63.7 Å². The number of Topliss-reactive ketones (excluding diaryl/α,β-unsaturated/α-hetero) is 2. The van der Waals surface area contributed by atoms with Crippen LogP contribution in [0.3, 0.4) is 0 Å². The average Bonchev–Trinajstić information content (AvgIpc) is 3.18. The van der Waals surface area contributed by atoms with Gasteiger partial charge in [-0.05, 0) is 79.4 Å². The van der Waals surface area contributed by atoms with E-state index in [1.165, 1.54) is 12.8 Å². The van der Waals surface area contributed by atoms with Crippen LogP contribution in [0.25, 0.3) is 0 Å². The number of rotatable bonds is 4. The Morgan fingerprint density at radius 1 is 1.06 bits per heavy atom. The van der Waals surface area contributed by atoms with E-state index in [1.807, 2.05) is 4.90 Å². The number of hydrogen-bond acceptors (Lipinski definition) is 4. The van der Waals surface area contributed by atoms with Gasteiger partial charge in [0, 0.05) is 44.2 Å². The van der Waals surface area contributed by atoms with Gasteiger partial charge in [0.2, 0.25) is 5.91 Å². The van der Waals surface area contributed by atoms with Gasteiger partial charge in [0.25, 0.3) is 0 Å². The van der Waals surface area contributed by atoms with Gasteiger partial charge in [-0.2, -0.15) is 0 Å². The number of carbonyl (C=O) groups is 3. The van der Waals surface area contributed by atoms with Crippen LogP contribution in [0.1, 0.15) is 85.0 Å². The fraction of sp³-hybridized carbons (Fsp3) is 0.893. The van der Waals surface area contributed by atoms with E-state index < -0.39 is 0 Å². The van der Waals surface area contributed by atoms with Crippen molar-refractivity contribution < 1.29 is 19.1 Å². The normalized spacial score (nSPS) is 44.1. The maximum absolute atomic E-state index is 13.9. The van der Waals surface area contributed by atoms with E-state index in [9.17, 15) is 14.4 Å². The Kier molecular flexibility index (Phi) is 6.25. The third-order valence-electron chi connectivity index (χ3n) is 11.3. The molecule has 5 heteroatoms. The standard InChI is InChI=1S/C28H43NO4/c1-18(4-9-26(32)29-12-14-33-15-13-29)22-7-8-23-21-6-5-19-16-20(30)10-11-27(19,2)24(21)17-25(31)28(22,23)3/h18-19,21-24H,4-17H2,1-3H3/t18-,19-,21+,22-,23+,24+,27+,28-/m1/s1. The van der Waals surface area contributed by atoms with Gasteiger partial charge in [-0.25, -0.2) is 0 Å². The molecule has 1 aliphatic heterocycles. The van der Waals surface area contributed by atoms with Gasteiger partial charge in [0.15, 0.2) is 0 Å². The van der Waals surface area contributed by atoms with E-state index in [2.05, 4.69) is 20.8 Å². The van der Waals surface area contributed by atoms with Gasteiger partial charge < -0.3 is 9.64 Å². The molecule has 5 nitrogen and oxygen atoms in total. The van der Waals surface area contributed by atoms with Crippen molar-refractivity contribution in [2.75, 3.05) is 26.3 Å². The SMILES string of the molecule is C[C@H](CCC(=O)N1CCOCC1)[C@H]1CC[C@H]2[C@@H]3CC[C@@H]4CC(=O)CC[C@]4(C)[C@H]3CC(=O)[C@]12C. The van der Waals surface area contributed by atoms with Crippen LogP contribution >= 0.6 is 0 Å². The molecule has 0 radical (unpaired) electrons. The lowest BCUT2D eigenvalue weighted by Crippen LogP contribution is -2.57. The zero-order chi connectivity index (χ0) is 23.4. The lowest BCUT2D eigenvalue weighted by molar-refractivity contribution is -0.159. The molecule has 1 saturated heterocycles. The predicted molar refractivity (Wildman–Crippen MR) is 126 cm³/mol. The van der Waals surface area contributed by atoms with Crippen LogP contribution in [0.5, 0.6) is 0 Å². The van der Waals surface area contributed by atoms with Gasteiger partial charge in [-0.15, -0.1) is 0 Å². The van der Waals surface area contributed by atoms with Gasteiger partial charge >= 0.3 is 0 Å². The van der Waals surface area contributed by atoms with Crippen LogP contribution in [0, 0.1) is 46.3 Å². The Hall–Kier alpha value is -1.23. The van der Waals surface area contributed by atoms with E-state index in [0.29, 0.717) is 86.2 Å². The first-order valence-corrected chi connectivity index (χ1v) is 13.7. The molecule has 4 saturated carbocycles. The molecule has 0 aromatic carbocycles. The van der Waals surface area contributed by atoms with E-state index in [1.54, 1.807) is 0 Å². The number of carbonyl (C=O) groups excluding carboxylic acids is 3. The smallest absolute Gasteiger partial charge is 0.222 e. The van der Waals surface area contributed by atoms with Crippen LogP contribution in [0.4, 0.5) is 0 Å². The number of morpholine rings is 1. The number of amides is 1. The Morgan fingerprint density at radius 3 is 2.58 bits per heavy atom. The van der Waals surface area contributed by atoms with E-state index in [4.69, 9.17) is 4.74 Å². The number of nitrogens with zero attached hydrogens (tertiary/aromatic N) is 1. The van der Waals surface area contributed by atoms with Crippen molar-refractivity contribution in [3.63, 3.8) is 0 Å². The van der Waals surface area contributed by atoms with Crippen molar-refractivity contribution in [3.05, 3.63) is 0 Å². The minimum absolute atomic E-state index is 0.169. The molecule has 33 heavy (non-hydrogen) atoms. The molecule has 5 fully saturated rings. The highest BCUT2D eigenvalue weighted by Gasteiger charge is 2.63. The Morgan fingerprint density at radius 2 is 1.82 bits per heavy atom. The van der Waals surface area contributed by atoms with Gasteiger partial charge in [0.05, 0.1) is 13.2 Å². The molecule has 4 aliphatic carbocycles. The molecular formula is C28H43NO4. The summed E-state index contributed by atoms with van der Waals surface area (Å²) in [6.45, 7) is 9.70. The molecule has 0 N–H and O–H groups in total. The van der Waals surface area contributed by atoms with Crippen molar-refractivity contribution >= 4 is 17.5 Å². The lowest BCUT2D eigenvalue weighted by atomic mass is 9.44. The maximum atomic E-state index is 13.9. The van der Waals surface area contributed by atoms with Crippen molar-refractivity contribution in [1.82, 2.24) is 4.90 Å². The Labute approximate surface area is 199 Å².